The number of rotatable bonds is 9. The lowest BCUT2D eigenvalue weighted by atomic mass is 10.2. The Kier molecular flexibility index (Phi) is 7.02. The van der Waals surface area contributed by atoms with Crippen LogP contribution in [0.2, 0.25) is 0 Å². The van der Waals surface area contributed by atoms with Crippen LogP contribution in [0.5, 0.6) is 17.2 Å². The molecule has 0 spiro atoms. The molecule has 0 unspecified atom stereocenters. The van der Waals surface area contributed by atoms with E-state index in [1.807, 2.05) is 0 Å². The van der Waals surface area contributed by atoms with E-state index in [4.69, 9.17) is 14.2 Å². The maximum absolute atomic E-state index is 12.4. The minimum atomic E-state index is -0.383. The number of ether oxygens (including phenoxy) is 3. The van der Waals surface area contributed by atoms with Crippen molar-refractivity contribution in [3.8, 4) is 17.2 Å². The van der Waals surface area contributed by atoms with Gasteiger partial charge in [0, 0.05) is 24.4 Å². The highest BCUT2D eigenvalue weighted by Gasteiger charge is 2.15. The number of anilines is 2. The monoisotopic (exact) mass is 360 g/mol. The van der Waals surface area contributed by atoms with E-state index >= 15 is 0 Å². The van der Waals surface area contributed by atoms with Crippen LogP contribution >= 0.6 is 0 Å². The van der Waals surface area contributed by atoms with Gasteiger partial charge in [-0.3, -0.25) is 4.79 Å². The van der Waals surface area contributed by atoms with Gasteiger partial charge < -0.3 is 24.8 Å². The van der Waals surface area contributed by atoms with Crippen molar-refractivity contribution in [1.82, 2.24) is 9.97 Å². The highest BCUT2D eigenvalue weighted by Crippen LogP contribution is 2.39. The van der Waals surface area contributed by atoms with Gasteiger partial charge in [0.15, 0.2) is 11.5 Å². The molecule has 1 aromatic heterocycles. The lowest BCUT2D eigenvalue weighted by Crippen LogP contribution is -2.15. The van der Waals surface area contributed by atoms with E-state index < -0.39 is 0 Å². The van der Waals surface area contributed by atoms with Gasteiger partial charge in [0.1, 0.15) is 11.5 Å². The first kappa shape index (κ1) is 19.3. The maximum atomic E-state index is 12.4. The van der Waals surface area contributed by atoms with Crippen molar-refractivity contribution in [1.29, 1.82) is 0 Å². The molecule has 2 rings (SSSR count). The number of methoxy groups -OCH3 is 3. The Morgan fingerprint density at radius 3 is 2.23 bits per heavy atom. The highest BCUT2D eigenvalue weighted by molar-refractivity contribution is 6.03. The molecule has 0 aliphatic carbocycles. The first-order valence-electron chi connectivity index (χ1n) is 8.30. The lowest BCUT2D eigenvalue weighted by Gasteiger charge is -2.14. The van der Waals surface area contributed by atoms with Gasteiger partial charge in [-0.1, -0.05) is 13.3 Å². The molecule has 0 aliphatic heterocycles. The molecule has 1 heterocycles. The molecule has 0 bridgehead atoms. The van der Waals surface area contributed by atoms with E-state index in [2.05, 4.69) is 27.5 Å². The third-order valence-corrected chi connectivity index (χ3v) is 3.64. The van der Waals surface area contributed by atoms with Crippen molar-refractivity contribution in [3.05, 3.63) is 30.2 Å². The highest BCUT2D eigenvalue weighted by atomic mass is 16.5. The zero-order chi connectivity index (χ0) is 18.9. The summed E-state index contributed by atoms with van der Waals surface area (Å²) in [5, 5.41) is 5.91. The second-order valence-corrected chi connectivity index (χ2v) is 5.44. The summed E-state index contributed by atoms with van der Waals surface area (Å²) in [6, 6.07) is 3.29. The summed E-state index contributed by atoms with van der Waals surface area (Å²) in [7, 11) is 4.54. The second kappa shape index (κ2) is 9.45. The molecule has 2 N–H and O–H groups in total. The number of benzene rings is 1. The lowest BCUT2D eigenvalue weighted by molar-refractivity contribution is 0.102. The number of nitrogens with zero attached hydrogens (tertiary/aromatic N) is 2. The predicted octanol–water partition coefficient (Wildman–Crippen LogP) is 2.97. The van der Waals surface area contributed by atoms with Crippen LogP contribution in [0.4, 0.5) is 11.5 Å². The standard InChI is InChI=1S/C18H24N4O4/c1-5-6-7-19-16-11-20-13(10-21-16)18(23)22-12-8-14(24-2)17(26-4)15(9-12)25-3/h8-11H,5-7H2,1-4H3,(H,19,21)(H,22,23). The maximum Gasteiger partial charge on any atom is 0.275 e. The number of hydrogen-bond acceptors (Lipinski definition) is 7. The smallest absolute Gasteiger partial charge is 0.275 e. The van der Waals surface area contributed by atoms with Gasteiger partial charge in [0.25, 0.3) is 5.91 Å². The molecule has 2 aromatic rings. The van der Waals surface area contributed by atoms with Crippen LogP contribution in [0.1, 0.15) is 30.3 Å². The van der Waals surface area contributed by atoms with E-state index in [1.54, 1.807) is 18.3 Å². The molecule has 0 fully saturated rings. The number of unbranched alkanes of at least 4 members (excludes halogenated alkanes) is 1. The Hall–Kier alpha value is -3.03. The average Bonchev–Trinajstić information content (AvgIpc) is 2.67. The van der Waals surface area contributed by atoms with Crippen LogP contribution in [0, 0.1) is 0 Å². The van der Waals surface area contributed by atoms with Crippen molar-refractivity contribution < 1.29 is 19.0 Å². The fourth-order valence-corrected chi connectivity index (χ4v) is 2.28. The van der Waals surface area contributed by atoms with Crippen molar-refractivity contribution >= 4 is 17.4 Å². The third kappa shape index (κ3) is 4.75. The number of hydrogen-bond donors (Lipinski definition) is 2. The summed E-state index contributed by atoms with van der Waals surface area (Å²) < 4.78 is 15.8. The van der Waals surface area contributed by atoms with Gasteiger partial charge in [0.05, 0.1) is 33.7 Å². The van der Waals surface area contributed by atoms with Crippen LogP contribution in [0.3, 0.4) is 0 Å². The average molecular weight is 360 g/mol. The van der Waals surface area contributed by atoms with Crippen LogP contribution in [-0.4, -0.2) is 43.7 Å². The third-order valence-electron chi connectivity index (χ3n) is 3.64. The van der Waals surface area contributed by atoms with Gasteiger partial charge in [-0.15, -0.1) is 0 Å². The molecule has 0 aliphatic rings. The second-order valence-electron chi connectivity index (χ2n) is 5.44. The zero-order valence-corrected chi connectivity index (χ0v) is 15.5. The van der Waals surface area contributed by atoms with Crippen LogP contribution < -0.4 is 24.8 Å². The van der Waals surface area contributed by atoms with Gasteiger partial charge in [-0.25, -0.2) is 9.97 Å². The van der Waals surface area contributed by atoms with Crippen molar-refractivity contribution in [3.63, 3.8) is 0 Å². The van der Waals surface area contributed by atoms with Crippen molar-refractivity contribution in [2.45, 2.75) is 19.8 Å². The van der Waals surface area contributed by atoms with Crippen LogP contribution in [0.15, 0.2) is 24.5 Å². The summed E-state index contributed by atoms with van der Waals surface area (Å²) in [6.07, 6.45) is 5.11. The largest absolute Gasteiger partial charge is 0.493 e. The quantitative estimate of drug-likeness (QED) is 0.664. The molecule has 8 heteroatoms. The number of nitrogens with one attached hydrogen (secondary N) is 2. The Labute approximate surface area is 152 Å². The van der Waals surface area contributed by atoms with Gasteiger partial charge in [-0.2, -0.15) is 0 Å². The Morgan fingerprint density at radius 1 is 1.04 bits per heavy atom. The topological polar surface area (TPSA) is 94.6 Å². The summed E-state index contributed by atoms with van der Waals surface area (Å²) in [4.78, 5) is 20.7. The molecule has 0 saturated carbocycles. The zero-order valence-electron chi connectivity index (χ0n) is 15.5. The minimum Gasteiger partial charge on any atom is -0.493 e. The van der Waals surface area contributed by atoms with E-state index in [9.17, 15) is 4.79 Å². The summed E-state index contributed by atoms with van der Waals surface area (Å²) in [5.41, 5.74) is 0.705. The molecule has 1 amide bonds. The molecule has 0 radical (unpaired) electrons. The van der Waals surface area contributed by atoms with Gasteiger partial charge in [0.2, 0.25) is 5.75 Å². The van der Waals surface area contributed by atoms with E-state index in [0.29, 0.717) is 28.8 Å². The van der Waals surface area contributed by atoms with E-state index in [-0.39, 0.29) is 11.6 Å². The van der Waals surface area contributed by atoms with Crippen molar-refractivity contribution in [2.75, 3.05) is 38.5 Å². The summed E-state index contributed by atoms with van der Waals surface area (Å²) >= 11 is 0. The molecular formula is C18H24N4O4. The molecule has 8 nitrogen and oxygen atoms in total. The SMILES string of the molecule is CCCCNc1cnc(C(=O)Nc2cc(OC)c(OC)c(OC)c2)cn1. The Bertz CT molecular complexity index is 709. The van der Waals surface area contributed by atoms with E-state index in [1.165, 1.54) is 27.5 Å². The van der Waals surface area contributed by atoms with E-state index in [0.717, 1.165) is 19.4 Å². The summed E-state index contributed by atoms with van der Waals surface area (Å²) in [6.45, 7) is 2.94. The van der Waals surface area contributed by atoms with Gasteiger partial charge >= 0.3 is 0 Å². The van der Waals surface area contributed by atoms with Crippen molar-refractivity contribution in [2.24, 2.45) is 0 Å². The summed E-state index contributed by atoms with van der Waals surface area (Å²) in [5.74, 6) is 1.61. The number of amides is 1. The Morgan fingerprint density at radius 2 is 1.73 bits per heavy atom. The molecular weight excluding hydrogens is 336 g/mol. The predicted molar refractivity (Wildman–Crippen MR) is 99.5 cm³/mol. The molecule has 1 aromatic carbocycles. The first-order chi connectivity index (χ1) is 12.6. The molecule has 0 saturated heterocycles. The number of carbonyl (C=O) groups excluding carboxylic acids is 1. The van der Waals surface area contributed by atoms with Crippen LogP contribution in [-0.2, 0) is 0 Å². The normalized spacial score (nSPS) is 10.2. The molecule has 140 valence electrons. The molecule has 0 atom stereocenters. The minimum absolute atomic E-state index is 0.208. The Balaban J connectivity index is 2.11. The molecule has 26 heavy (non-hydrogen) atoms. The fraction of sp³-hybridized carbons (Fsp3) is 0.389. The van der Waals surface area contributed by atoms with Gasteiger partial charge in [-0.05, 0) is 6.42 Å². The number of carbonyl (C=O) groups is 1. The fourth-order valence-electron chi connectivity index (χ4n) is 2.28. The number of aromatic nitrogens is 2. The van der Waals surface area contributed by atoms with Crippen LogP contribution in [0.25, 0.3) is 0 Å². The first-order valence-corrected chi connectivity index (χ1v) is 8.30.